The normalized spacial score (nSPS) is 13.0. The first kappa shape index (κ1) is 17.9. The summed E-state index contributed by atoms with van der Waals surface area (Å²) in [4.78, 5) is 19.5. The Morgan fingerprint density at radius 2 is 2.10 bits per heavy atom. The van der Waals surface area contributed by atoms with Gasteiger partial charge < -0.3 is 15.0 Å². The van der Waals surface area contributed by atoms with E-state index in [4.69, 9.17) is 4.74 Å². The van der Waals surface area contributed by atoms with Crippen molar-refractivity contribution in [3.63, 3.8) is 0 Å². The zero-order valence-corrected chi connectivity index (χ0v) is 14.5. The zero-order chi connectivity index (χ0) is 16.0. The number of nitrogens with zero attached hydrogens (tertiary/aromatic N) is 1. The van der Waals surface area contributed by atoms with Crippen LogP contribution in [0.1, 0.15) is 52.4 Å². The summed E-state index contributed by atoms with van der Waals surface area (Å²) in [5.74, 6) is -0.0529. The lowest BCUT2D eigenvalue weighted by Gasteiger charge is -2.22. The third-order valence-corrected chi connectivity index (χ3v) is 3.42. The van der Waals surface area contributed by atoms with Gasteiger partial charge >= 0.3 is 0 Å². The van der Waals surface area contributed by atoms with Crippen LogP contribution in [0.25, 0.3) is 0 Å². The van der Waals surface area contributed by atoms with E-state index >= 15 is 0 Å². The molecule has 1 aromatic heterocycles. The summed E-state index contributed by atoms with van der Waals surface area (Å²) in [5, 5.41) is 2.61. The second-order valence-corrected chi connectivity index (χ2v) is 6.88. The molecule has 0 bridgehead atoms. The Hall–Kier alpha value is -1.17. The first-order chi connectivity index (χ1) is 9.76. The highest BCUT2D eigenvalue weighted by molar-refractivity contribution is 7.81. The number of rotatable bonds is 7. The van der Waals surface area contributed by atoms with Gasteiger partial charge in [0.1, 0.15) is 0 Å². The molecule has 0 aliphatic heterocycles. The molecule has 1 atom stereocenters. The van der Waals surface area contributed by atoms with Crippen LogP contribution in [0.3, 0.4) is 0 Å². The number of carbonyl (C=O) groups is 1. The van der Waals surface area contributed by atoms with E-state index in [0.29, 0.717) is 19.2 Å². The highest BCUT2D eigenvalue weighted by atomic mass is 32.1. The Bertz CT molecular complexity index is 466. The fourth-order valence-electron chi connectivity index (χ4n) is 2.03. The maximum atomic E-state index is 12.1. The van der Waals surface area contributed by atoms with Crippen LogP contribution < -0.4 is 10.1 Å². The van der Waals surface area contributed by atoms with Crippen molar-refractivity contribution >= 4 is 18.5 Å². The summed E-state index contributed by atoms with van der Waals surface area (Å²) < 4.78 is 5.35. The van der Waals surface area contributed by atoms with Gasteiger partial charge in [-0.15, -0.1) is 0 Å². The van der Waals surface area contributed by atoms with E-state index in [2.05, 4.69) is 48.7 Å². The first-order valence-electron chi connectivity index (χ1n) is 7.43. The van der Waals surface area contributed by atoms with Gasteiger partial charge in [-0.2, -0.15) is 12.6 Å². The van der Waals surface area contributed by atoms with Crippen molar-refractivity contribution in [2.45, 2.75) is 59.3 Å². The smallest absolute Gasteiger partial charge is 0.294 e. The quantitative estimate of drug-likeness (QED) is 0.678. The molecule has 0 aliphatic carbocycles. The summed E-state index contributed by atoms with van der Waals surface area (Å²) in [5.41, 5.74) is 1.89. The van der Waals surface area contributed by atoms with Crippen molar-refractivity contribution in [2.75, 3.05) is 6.61 Å². The van der Waals surface area contributed by atoms with E-state index in [1.165, 1.54) is 0 Å². The fourth-order valence-corrected chi connectivity index (χ4v) is 2.67. The predicted octanol–water partition coefficient (Wildman–Crippen LogP) is 2.72. The molecule has 1 aromatic rings. The largest absolute Gasteiger partial charge is 0.465 e. The Balaban J connectivity index is 2.60. The van der Waals surface area contributed by atoms with E-state index in [1.807, 2.05) is 13.8 Å². The van der Waals surface area contributed by atoms with Gasteiger partial charge in [0.25, 0.3) is 6.01 Å². The molecule has 0 aromatic carbocycles. The minimum atomic E-state index is -0.302. The van der Waals surface area contributed by atoms with Crippen LogP contribution in [-0.2, 0) is 17.8 Å². The highest BCUT2D eigenvalue weighted by Gasteiger charge is 2.22. The number of amides is 1. The average molecular weight is 313 g/mol. The molecule has 0 spiro atoms. The van der Waals surface area contributed by atoms with Gasteiger partial charge in [-0.3, -0.25) is 4.79 Å². The van der Waals surface area contributed by atoms with Gasteiger partial charge in [0.15, 0.2) is 0 Å². The molecule has 1 amide bonds. The van der Waals surface area contributed by atoms with Gasteiger partial charge in [-0.1, -0.05) is 27.7 Å². The van der Waals surface area contributed by atoms with Crippen LogP contribution in [-0.4, -0.2) is 27.7 Å². The van der Waals surface area contributed by atoms with Crippen molar-refractivity contribution in [2.24, 2.45) is 5.41 Å². The second-order valence-electron chi connectivity index (χ2n) is 6.25. The van der Waals surface area contributed by atoms with E-state index in [9.17, 15) is 4.79 Å². The Kier molecular flexibility index (Phi) is 6.58. The standard InChI is InChI=1S/C15H27N3O2S/c1-6-10-11(18-14(17-10)20-7-2)9-16-13(19)12(21)8-15(3,4)5/h12,21H,6-9H2,1-5H3,(H,16,19)(H,17,18)/t12-/m0/s1. The molecule has 0 fully saturated rings. The average Bonchev–Trinajstić information content (AvgIpc) is 2.76. The Labute approximate surface area is 132 Å². The van der Waals surface area contributed by atoms with Crippen molar-refractivity contribution < 1.29 is 9.53 Å². The number of aromatic nitrogens is 2. The molecule has 0 saturated heterocycles. The minimum Gasteiger partial charge on any atom is -0.465 e. The number of H-pyrrole nitrogens is 1. The Morgan fingerprint density at radius 3 is 2.62 bits per heavy atom. The summed E-state index contributed by atoms with van der Waals surface area (Å²) >= 11 is 4.39. The molecule has 6 heteroatoms. The van der Waals surface area contributed by atoms with Crippen LogP contribution in [0.4, 0.5) is 0 Å². The molecule has 1 rings (SSSR count). The number of carbonyl (C=O) groups excluding carboxylic acids is 1. The first-order valence-corrected chi connectivity index (χ1v) is 7.94. The number of aryl methyl sites for hydroxylation is 1. The number of aromatic amines is 1. The summed E-state index contributed by atoms with van der Waals surface area (Å²) in [6.07, 6.45) is 1.52. The van der Waals surface area contributed by atoms with E-state index in [-0.39, 0.29) is 16.6 Å². The molecule has 0 saturated carbocycles. The highest BCUT2D eigenvalue weighted by Crippen LogP contribution is 2.23. The van der Waals surface area contributed by atoms with E-state index in [0.717, 1.165) is 24.2 Å². The van der Waals surface area contributed by atoms with Crippen molar-refractivity contribution in [1.82, 2.24) is 15.3 Å². The third-order valence-electron chi connectivity index (χ3n) is 3.01. The molecule has 5 nitrogen and oxygen atoms in total. The maximum Gasteiger partial charge on any atom is 0.294 e. The van der Waals surface area contributed by atoms with Gasteiger partial charge in [0, 0.05) is 0 Å². The summed E-state index contributed by atoms with van der Waals surface area (Å²) in [7, 11) is 0. The third kappa shape index (κ3) is 5.99. The SMILES string of the molecule is CCOc1nc(CC)c(CNC(=O)[C@@H](S)CC(C)(C)C)[nH]1. The fraction of sp³-hybridized carbons (Fsp3) is 0.733. The number of hydrogen-bond donors (Lipinski definition) is 3. The number of hydrogen-bond acceptors (Lipinski definition) is 4. The molecule has 0 unspecified atom stereocenters. The minimum absolute atomic E-state index is 0.0529. The molecule has 2 N–H and O–H groups in total. The maximum absolute atomic E-state index is 12.1. The summed E-state index contributed by atoms with van der Waals surface area (Å²) in [6, 6.07) is 0.510. The lowest BCUT2D eigenvalue weighted by Crippen LogP contribution is -2.33. The second kappa shape index (κ2) is 7.73. The van der Waals surface area contributed by atoms with Gasteiger partial charge in [-0.05, 0) is 25.2 Å². The predicted molar refractivity (Wildman–Crippen MR) is 87.8 cm³/mol. The molecule has 120 valence electrons. The van der Waals surface area contributed by atoms with Crippen molar-refractivity contribution in [3.8, 4) is 6.01 Å². The van der Waals surface area contributed by atoms with E-state index < -0.39 is 0 Å². The number of imidazole rings is 1. The van der Waals surface area contributed by atoms with Gasteiger partial charge in [0.2, 0.25) is 5.91 Å². The summed E-state index contributed by atoms with van der Waals surface area (Å²) in [6.45, 7) is 11.2. The number of ether oxygens (including phenoxy) is 1. The van der Waals surface area contributed by atoms with Crippen LogP contribution >= 0.6 is 12.6 Å². The lowest BCUT2D eigenvalue weighted by molar-refractivity contribution is -0.121. The monoisotopic (exact) mass is 313 g/mol. The topological polar surface area (TPSA) is 67.0 Å². The van der Waals surface area contributed by atoms with E-state index in [1.54, 1.807) is 0 Å². The molecular formula is C15H27N3O2S. The number of nitrogens with one attached hydrogen (secondary N) is 2. The van der Waals surface area contributed by atoms with Gasteiger partial charge in [-0.25, -0.2) is 4.98 Å². The lowest BCUT2D eigenvalue weighted by atomic mass is 9.90. The van der Waals surface area contributed by atoms with Crippen molar-refractivity contribution in [1.29, 1.82) is 0 Å². The molecule has 21 heavy (non-hydrogen) atoms. The zero-order valence-electron chi connectivity index (χ0n) is 13.6. The van der Waals surface area contributed by atoms with Crippen LogP contribution in [0, 0.1) is 5.41 Å². The number of thiol groups is 1. The molecule has 0 aliphatic rings. The van der Waals surface area contributed by atoms with Crippen LogP contribution in [0.2, 0.25) is 0 Å². The van der Waals surface area contributed by atoms with Gasteiger partial charge in [0.05, 0.1) is 29.8 Å². The van der Waals surface area contributed by atoms with Crippen LogP contribution in [0.5, 0.6) is 6.01 Å². The van der Waals surface area contributed by atoms with Crippen LogP contribution in [0.15, 0.2) is 0 Å². The molecule has 1 heterocycles. The Morgan fingerprint density at radius 1 is 1.43 bits per heavy atom. The molecule has 0 radical (unpaired) electrons. The van der Waals surface area contributed by atoms with Crippen molar-refractivity contribution in [3.05, 3.63) is 11.4 Å². The molecular weight excluding hydrogens is 286 g/mol.